The average Bonchev–Trinajstić information content (AvgIpc) is 3.05. The number of halogens is 4. The fourth-order valence-electron chi connectivity index (χ4n) is 3.82. The number of carbonyl (C=O) groups excluding carboxylic acids is 2. The molecule has 34 heavy (non-hydrogen) atoms. The molecule has 0 aliphatic carbocycles. The summed E-state index contributed by atoms with van der Waals surface area (Å²) in [7, 11) is 1.34. The zero-order chi connectivity index (χ0) is 24.7. The molecule has 2 N–H and O–H groups in total. The molecule has 0 saturated carbocycles. The number of benzene rings is 3. The molecule has 0 bridgehead atoms. The smallest absolute Gasteiger partial charge is 0.300 e. The number of carbonyl (C=O) groups is 2. The Morgan fingerprint density at radius 3 is 2.32 bits per heavy atom. The maximum Gasteiger partial charge on any atom is 0.300 e. The Hall–Kier alpha value is -2.90. The van der Waals surface area contributed by atoms with E-state index in [0.717, 1.165) is 0 Å². The number of ether oxygens (including phenoxy) is 1. The molecule has 6 nitrogen and oxygen atoms in total. The molecule has 3 aromatic carbocycles. The van der Waals surface area contributed by atoms with Crippen molar-refractivity contribution >= 4 is 69.5 Å². The number of nitrogens with zero attached hydrogens (tertiary/aromatic N) is 1. The van der Waals surface area contributed by atoms with Gasteiger partial charge in [-0.25, -0.2) is 0 Å². The zero-order valence-electron chi connectivity index (χ0n) is 17.4. The first-order valence-electron chi connectivity index (χ1n) is 9.72. The number of aliphatic hydroxyl groups excluding tert-OH is 1. The number of aliphatic hydroxyl groups is 1. The van der Waals surface area contributed by atoms with E-state index >= 15 is 0 Å². The van der Waals surface area contributed by atoms with E-state index in [9.17, 15) is 19.8 Å². The molecule has 174 valence electrons. The number of phenols is 1. The van der Waals surface area contributed by atoms with E-state index in [0.29, 0.717) is 16.3 Å². The number of rotatable bonds is 4. The summed E-state index contributed by atoms with van der Waals surface area (Å²) in [5, 5.41) is 21.8. The highest BCUT2D eigenvalue weighted by Crippen LogP contribution is 2.46. The SMILES string of the molecule is COc1c(Cl)cc(Cl)cc1/C(O)=C1\C(=O)C(=O)N(c2cccc(Cl)c2)C1c1ccc(O)c(Cl)c1. The van der Waals surface area contributed by atoms with Gasteiger partial charge in [0.15, 0.2) is 0 Å². The maximum absolute atomic E-state index is 13.3. The maximum atomic E-state index is 13.3. The van der Waals surface area contributed by atoms with Crippen LogP contribution in [0.3, 0.4) is 0 Å². The van der Waals surface area contributed by atoms with Crippen LogP contribution < -0.4 is 9.64 Å². The van der Waals surface area contributed by atoms with Crippen LogP contribution in [-0.4, -0.2) is 29.0 Å². The molecule has 1 aliphatic rings. The van der Waals surface area contributed by atoms with Gasteiger partial charge in [0.1, 0.15) is 17.3 Å². The molecule has 4 rings (SSSR count). The number of Topliss-reactive ketones (excluding diaryl/α,β-unsaturated/α-hetero) is 1. The predicted molar refractivity (Wildman–Crippen MR) is 132 cm³/mol. The van der Waals surface area contributed by atoms with Crippen LogP contribution in [0.4, 0.5) is 5.69 Å². The number of ketones is 1. The molecule has 1 heterocycles. The van der Waals surface area contributed by atoms with Crippen molar-refractivity contribution in [3.8, 4) is 11.5 Å². The van der Waals surface area contributed by atoms with Crippen LogP contribution in [0, 0.1) is 0 Å². The third-order valence-electron chi connectivity index (χ3n) is 5.29. The lowest BCUT2D eigenvalue weighted by Crippen LogP contribution is -2.29. The summed E-state index contributed by atoms with van der Waals surface area (Å²) in [5.74, 6) is -2.51. The number of aromatic hydroxyl groups is 1. The normalized spacial score (nSPS) is 17.3. The van der Waals surface area contributed by atoms with Crippen LogP contribution in [0.15, 0.2) is 60.2 Å². The van der Waals surface area contributed by atoms with Gasteiger partial charge in [0.25, 0.3) is 11.7 Å². The highest BCUT2D eigenvalue weighted by atomic mass is 35.5. The average molecular weight is 539 g/mol. The van der Waals surface area contributed by atoms with Crippen molar-refractivity contribution in [2.45, 2.75) is 6.04 Å². The molecule has 10 heteroatoms. The Kier molecular flexibility index (Phi) is 6.69. The second-order valence-electron chi connectivity index (χ2n) is 7.33. The lowest BCUT2D eigenvalue weighted by Gasteiger charge is -2.26. The lowest BCUT2D eigenvalue weighted by atomic mass is 9.94. The van der Waals surface area contributed by atoms with E-state index in [4.69, 9.17) is 51.1 Å². The van der Waals surface area contributed by atoms with Gasteiger partial charge in [0, 0.05) is 15.7 Å². The number of hydrogen-bond donors (Lipinski definition) is 2. The molecule has 1 amide bonds. The molecule has 1 aliphatic heterocycles. The highest BCUT2D eigenvalue weighted by molar-refractivity contribution is 6.52. The number of hydrogen-bond acceptors (Lipinski definition) is 5. The number of phenolic OH excluding ortho intramolecular Hbond substituents is 1. The van der Waals surface area contributed by atoms with E-state index in [-0.39, 0.29) is 37.7 Å². The highest BCUT2D eigenvalue weighted by Gasteiger charge is 2.47. The van der Waals surface area contributed by atoms with E-state index in [2.05, 4.69) is 0 Å². The van der Waals surface area contributed by atoms with Crippen LogP contribution in [-0.2, 0) is 9.59 Å². The van der Waals surface area contributed by atoms with Gasteiger partial charge in [0.05, 0.1) is 34.3 Å². The third kappa shape index (κ3) is 4.18. The van der Waals surface area contributed by atoms with E-state index in [1.807, 2.05) is 0 Å². The Bertz CT molecular complexity index is 1370. The minimum absolute atomic E-state index is 0.00226. The van der Waals surface area contributed by atoms with Crippen molar-refractivity contribution in [1.29, 1.82) is 0 Å². The molecular formula is C24H15Cl4NO5. The molecule has 1 fully saturated rings. The fourth-order valence-corrected chi connectivity index (χ4v) is 4.77. The van der Waals surface area contributed by atoms with Crippen molar-refractivity contribution in [2.24, 2.45) is 0 Å². The van der Waals surface area contributed by atoms with E-state index in [1.54, 1.807) is 18.2 Å². The number of amides is 1. The van der Waals surface area contributed by atoms with Gasteiger partial charge >= 0.3 is 0 Å². The number of anilines is 1. The Labute approximate surface area is 214 Å². The minimum atomic E-state index is -1.11. The van der Waals surface area contributed by atoms with Crippen LogP contribution in [0.25, 0.3) is 5.76 Å². The first-order chi connectivity index (χ1) is 16.1. The van der Waals surface area contributed by atoms with E-state index in [1.165, 1.54) is 48.4 Å². The summed E-state index contributed by atoms with van der Waals surface area (Å²) in [4.78, 5) is 27.7. The molecule has 0 aromatic heterocycles. The van der Waals surface area contributed by atoms with Gasteiger partial charge in [-0.15, -0.1) is 0 Å². The van der Waals surface area contributed by atoms with Crippen LogP contribution >= 0.6 is 46.4 Å². The van der Waals surface area contributed by atoms with Crippen LogP contribution in [0.5, 0.6) is 11.5 Å². The molecule has 1 saturated heterocycles. The summed E-state index contributed by atoms with van der Waals surface area (Å²) >= 11 is 24.6. The Morgan fingerprint density at radius 2 is 1.68 bits per heavy atom. The largest absolute Gasteiger partial charge is 0.507 e. The summed E-state index contributed by atoms with van der Waals surface area (Å²) in [6.45, 7) is 0. The van der Waals surface area contributed by atoms with Gasteiger partial charge < -0.3 is 14.9 Å². The van der Waals surface area contributed by atoms with Crippen molar-refractivity contribution in [1.82, 2.24) is 0 Å². The Morgan fingerprint density at radius 1 is 0.941 bits per heavy atom. The van der Waals surface area contributed by atoms with Crippen molar-refractivity contribution in [2.75, 3.05) is 12.0 Å². The minimum Gasteiger partial charge on any atom is -0.507 e. The van der Waals surface area contributed by atoms with Gasteiger partial charge in [0.2, 0.25) is 0 Å². The topological polar surface area (TPSA) is 87.1 Å². The first-order valence-corrected chi connectivity index (χ1v) is 11.2. The first kappa shape index (κ1) is 24.2. The summed E-state index contributed by atoms with van der Waals surface area (Å²) in [6, 6.07) is 12.2. The molecule has 3 aromatic rings. The summed E-state index contributed by atoms with van der Waals surface area (Å²) in [6.07, 6.45) is 0. The van der Waals surface area contributed by atoms with Crippen molar-refractivity contribution in [3.05, 3.63) is 91.4 Å². The van der Waals surface area contributed by atoms with Crippen LogP contribution in [0.2, 0.25) is 20.1 Å². The van der Waals surface area contributed by atoms with Gasteiger partial charge in [-0.05, 0) is 48.0 Å². The molecular weight excluding hydrogens is 524 g/mol. The molecule has 1 unspecified atom stereocenters. The third-order valence-corrected chi connectivity index (χ3v) is 6.32. The zero-order valence-corrected chi connectivity index (χ0v) is 20.4. The quantitative estimate of drug-likeness (QED) is 0.221. The predicted octanol–water partition coefficient (Wildman–Crippen LogP) is 6.64. The van der Waals surface area contributed by atoms with Gasteiger partial charge in [-0.3, -0.25) is 14.5 Å². The monoisotopic (exact) mass is 537 g/mol. The van der Waals surface area contributed by atoms with Gasteiger partial charge in [-0.1, -0.05) is 58.5 Å². The van der Waals surface area contributed by atoms with E-state index < -0.39 is 23.5 Å². The summed E-state index contributed by atoms with van der Waals surface area (Å²) < 4.78 is 5.31. The molecule has 1 atom stereocenters. The molecule has 0 spiro atoms. The fraction of sp³-hybridized carbons (Fsp3) is 0.0833. The van der Waals surface area contributed by atoms with Crippen molar-refractivity contribution < 1.29 is 24.5 Å². The lowest BCUT2D eigenvalue weighted by molar-refractivity contribution is -0.132. The second-order valence-corrected chi connectivity index (χ2v) is 9.02. The Balaban J connectivity index is 2.03. The van der Waals surface area contributed by atoms with Crippen molar-refractivity contribution in [3.63, 3.8) is 0 Å². The second kappa shape index (κ2) is 9.39. The molecule has 0 radical (unpaired) electrons. The number of methoxy groups -OCH3 is 1. The van der Waals surface area contributed by atoms with Gasteiger partial charge in [-0.2, -0.15) is 0 Å². The van der Waals surface area contributed by atoms with Crippen LogP contribution in [0.1, 0.15) is 17.2 Å². The summed E-state index contributed by atoms with van der Waals surface area (Å²) in [5.41, 5.74) is 0.455. The standard InChI is InChI=1S/C24H15Cl4NO5/c1-34-23-15(9-13(26)10-17(23)28)21(31)19-20(11-5-6-18(30)16(27)7-11)29(24(33)22(19)32)14-4-2-3-12(25)8-14/h2-10,20,30-31H,1H3/b21-19+.